The van der Waals surface area contributed by atoms with Gasteiger partial charge in [-0.05, 0) is 43.5 Å². The highest BCUT2D eigenvalue weighted by Gasteiger charge is 2.17. The van der Waals surface area contributed by atoms with E-state index < -0.39 is 11.9 Å². The number of aryl methyl sites for hydroxylation is 2. The molecule has 2 N–H and O–H groups in total. The van der Waals surface area contributed by atoms with E-state index in [9.17, 15) is 9.59 Å². The van der Waals surface area contributed by atoms with Gasteiger partial charge in [0.15, 0.2) is 6.61 Å². The molecular weight excluding hydrogens is 270 g/mol. The van der Waals surface area contributed by atoms with Crippen LogP contribution in [0.5, 0.6) is 5.75 Å². The molecule has 116 valence electrons. The van der Waals surface area contributed by atoms with Crippen molar-refractivity contribution >= 4 is 11.9 Å². The predicted octanol–water partition coefficient (Wildman–Crippen LogP) is 2.30. The number of amides is 1. The second-order valence-corrected chi connectivity index (χ2v) is 5.16. The highest BCUT2D eigenvalue weighted by Crippen LogP contribution is 2.16. The lowest BCUT2D eigenvalue weighted by Crippen LogP contribution is -2.35. The van der Waals surface area contributed by atoms with Crippen molar-refractivity contribution in [3.05, 3.63) is 29.3 Å². The zero-order valence-corrected chi connectivity index (χ0v) is 12.8. The van der Waals surface area contributed by atoms with Gasteiger partial charge < -0.3 is 15.2 Å². The fraction of sp³-hybridized carbons (Fsp3) is 0.500. The molecule has 0 aromatic heterocycles. The number of hydrogen-bond donors (Lipinski definition) is 2. The Balaban J connectivity index is 2.39. The molecule has 5 heteroatoms. The molecule has 0 fully saturated rings. The highest BCUT2D eigenvalue weighted by atomic mass is 16.5. The maximum Gasteiger partial charge on any atom is 0.308 e. The first kappa shape index (κ1) is 17.0. The Bertz CT molecular complexity index is 499. The van der Waals surface area contributed by atoms with Crippen LogP contribution in [0.1, 0.15) is 30.9 Å². The molecule has 1 unspecified atom stereocenters. The first-order chi connectivity index (χ1) is 9.93. The van der Waals surface area contributed by atoms with Gasteiger partial charge in [-0.3, -0.25) is 9.59 Å². The molecule has 5 nitrogen and oxygen atoms in total. The summed E-state index contributed by atoms with van der Waals surface area (Å²) in [6.45, 7) is 5.93. The lowest BCUT2D eigenvalue weighted by atomic mass is 10.0. The summed E-state index contributed by atoms with van der Waals surface area (Å²) in [7, 11) is 0. The molecule has 0 bridgehead atoms. The summed E-state index contributed by atoms with van der Waals surface area (Å²) < 4.78 is 5.40. The van der Waals surface area contributed by atoms with Gasteiger partial charge in [0.1, 0.15) is 5.75 Å². The third kappa shape index (κ3) is 5.85. The van der Waals surface area contributed by atoms with Crippen molar-refractivity contribution in [2.45, 2.75) is 33.6 Å². The van der Waals surface area contributed by atoms with Gasteiger partial charge in [-0.25, -0.2) is 0 Å². The second kappa shape index (κ2) is 8.29. The van der Waals surface area contributed by atoms with E-state index in [4.69, 9.17) is 9.84 Å². The fourth-order valence-electron chi connectivity index (χ4n) is 1.90. The van der Waals surface area contributed by atoms with Gasteiger partial charge in [0.2, 0.25) is 0 Å². The van der Waals surface area contributed by atoms with Crippen LogP contribution >= 0.6 is 0 Å². The van der Waals surface area contributed by atoms with Gasteiger partial charge in [0.05, 0.1) is 5.92 Å². The monoisotopic (exact) mass is 293 g/mol. The van der Waals surface area contributed by atoms with Crippen molar-refractivity contribution in [2.75, 3.05) is 13.2 Å². The number of aliphatic carboxylic acids is 1. The number of benzene rings is 1. The summed E-state index contributed by atoms with van der Waals surface area (Å²) in [6, 6.07) is 5.62. The first-order valence-corrected chi connectivity index (χ1v) is 7.13. The summed E-state index contributed by atoms with van der Waals surface area (Å²) in [5.41, 5.74) is 2.26. The standard InChI is InChI=1S/C16H23NO4/c1-4-5-13(16(19)20)9-17-15(18)10-21-14-7-6-11(2)12(3)8-14/h6-8,13H,4-5,9-10H2,1-3H3,(H,17,18)(H,19,20). The predicted molar refractivity (Wildman–Crippen MR) is 80.5 cm³/mol. The van der Waals surface area contributed by atoms with Crippen LogP contribution in [-0.2, 0) is 9.59 Å². The Morgan fingerprint density at radius 2 is 2.00 bits per heavy atom. The van der Waals surface area contributed by atoms with E-state index >= 15 is 0 Å². The molecule has 1 rings (SSSR count). The maximum atomic E-state index is 11.7. The van der Waals surface area contributed by atoms with E-state index in [1.54, 1.807) is 0 Å². The first-order valence-electron chi connectivity index (χ1n) is 7.13. The molecule has 0 aliphatic rings. The van der Waals surface area contributed by atoms with Crippen molar-refractivity contribution < 1.29 is 19.4 Å². The van der Waals surface area contributed by atoms with Crippen molar-refractivity contribution in [2.24, 2.45) is 5.92 Å². The average molecular weight is 293 g/mol. The number of hydrogen-bond acceptors (Lipinski definition) is 3. The molecule has 0 aliphatic carbocycles. The normalized spacial score (nSPS) is 11.8. The Morgan fingerprint density at radius 1 is 1.29 bits per heavy atom. The smallest absolute Gasteiger partial charge is 0.308 e. The van der Waals surface area contributed by atoms with E-state index in [2.05, 4.69) is 5.32 Å². The Kier molecular flexibility index (Phi) is 6.72. The lowest BCUT2D eigenvalue weighted by molar-refractivity contribution is -0.142. The summed E-state index contributed by atoms with van der Waals surface area (Å²) in [5, 5.41) is 11.6. The molecule has 0 saturated heterocycles. The van der Waals surface area contributed by atoms with Crippen LogP contribution < -0.4 is 10.1 Å². The quantitative estimate of drug-likeness (QED) is 0.771. The zero-order chi connectivity index (χ0) is 15.8. The molecule has 0 saturated carbocycles. The van der Waals surface area contributed by atoms with Crippen LogP contribution in [-0.4, -0.2) is 30.1 Å². The fourth-order valence-corrected chi connectivity index (χ4v) is 1.90. The molecule has 1 amide bonds. The number of nitrogens with one attached hydrogen (secondary N) is 1. The van der Waals surface area contributed by atoms with E-state index in [0.29, 0.717) is 12.2 Å². The molecular formula is C16H23NO4. The van der Waals surface area contributed by atoms with Crippen LogP contribution in [0.4, 0.5) is 0 Å². The number of carbonyl (C=O) groups is 2. The van der Waals surface area contributed by atoms with Crippen LogP contribution in [0.25, 0.3) is 0 Å². The summed E-state index contributed by atoms with van der Waals surface area (Å²) >= 11 is 0. The number of carbonyl (C=O) groups excluding carboxylic acids is 1. The van der Waals surface area contributed by atoms with Gasteiger partial charge in [-0.2, -0.15) is 0 Å². The highest BCUT2D eigenvalue weighted by molar-refractivity contribution is 5.78. The molecule has 0 heterocycles. The molecule has 0 aliphatic heterocycles. The number of rotatable bonds is 8. The Labute approximate surface area is 125 Å². The number of carboxylic acids is 1. The minimum absolute atomic E-state index is 0.110. The van der Waals surface area contributed by atoms with Crippen molar-refractivity contribution in [3.63, 3.8) is 0 Å². The maximum absolute atomic E-state index is 11.7. The van der Waals surface area contributed by atoms with E-state index in [1.807, 2.05) is 39.0 Å². The van der Waals surface area contributed by atoms with E-state index in [-0.39, 0.29) is 19.1 Å². The largest absolute Gasteiger partial charge is 0.484 e. The van der Waals surface area contributed by atoms with Crippen LogP contribution in [0.2, 0.25) is 0 Å². The van der Waals surface area contributed by atoms with Gasteiger partial charge in [-0.15, -0.1) is 0 Å². The minimum atomic E-state index is -0.882. The molecule has 1 aromatic carbocycles. The average Bonchev–Trinajstić information content (AvgIpc) is 2.44. The van der Waals surface area contributed by atoms with Crippen molar-refractivity contribution in [1.82, 2.24) is 5.32 Å². The molecule has 21 heavy (non-hydrogen) atoms. The molecule has 1 aromatic rings. The summed E-state index contributed by atoms with van der Waals surface area (Å²) in [4.78, 5) is 22.6. The molecule has 0 radical (unpaired) electrons. The van der Waals surface area contributed by atoms with Gasteiger partial charge in [-0.1, -0.05) is 19.4 Å². The summed E-state index contributed by atoms with van der Waals surface area (Å²) in [5.74, 6) is -1.10. The van der Waals surface area contributed by atoms with Gasteiger partial charge >= 0.3 is 5.97 Å². The van der Waals surface area contributed by atoms with Gasteiger partial charge in [0, 0.05) is 6.54 Å². The number of carboxylic acid groups (broad SMARTS) is 1. The summed E-state index contributed by atoms with van der Waals surface area (Å²) in [6.07, 6.45) is 1.32. The third-order valence-electron chi connectivity index (χ3n) is 3.38. The van der Waals surface area contributed by atoms with Crippen LogP contribution in [0.15, 0.2) is 18.2 Å². The van der Waals surface area contributed by atoms with Crippen LogP contribution in [0.3, 0.4) is 0 Å². The SMILES string of the molecule is CCCC(CNC(=O)COc1ccc(C)c(C)c1)C(=O)O. The van der Waals surface area contributed by atoms with Crippen LogP contribution in [0, 0.1) is 19.8 Å². The van der Waals surface area contributed by atoms with Crippen molar-refractivity contribution in [3.8, 4) is 5.75 Å². The Hall–Kier alpha value is -2.04. The molecule has 0 spiro atoms. The Morgan fingerprint density at radius 3 is 2.57 bits per heavy atom. The lowest BCUT2D eigenvalue weighted by Gasteiger charge is -2.13. The topological polar surface area (TPSA) is 75.6 Å². The van der Waals surface area contributed by atoms with E-state index in [1.165, 1.54) is 0 Å². The number of ether oxygens (including phenoxy) is 1. The van der Waals surface area contributed by atoms with Crippen molar-refractivity contribution in [1.29, 1.82) is 0 Å². The molecule has 1 atom stereocenters. The minimum Gasteiger partial charge on any atom is -0.484 e. The van der Waals surface area contributed by atoms with E-state index in [0.717, 1.165) is 17.5 Å². The van der Waals surface area contributed by atoms with Gasteiger partial charge in [0.25, 0.3) is 5.91 Å². The second-order valence-electron chi connectivity index (χ2n) is 5.16. The zero-order valence-electron chi connectivity index (χ0n) is 12.8. The third-order valence-corrected chi connectivity index (χ3v) is 3.38.